The third-order valence-corrected chi connectivity index (χ3v) is 8.38. The van der Waals surface area contributed by atoms with Gasteiger partial charge >= 0.3 is 6.09 Å². The van der Waals surface area contributed by atoms with Crippen LogP contribution in [0.5, 0.6) is 0 Å². The fraction of sp³-hybridized carbons (Fsp3) is 0.692. The number of nitrogens with two attached hydrogens (primary N) is 1. The Hall–Kier alpha value is -2.12. The maximum Gasteiger partial charge on any atom is 0.410 e. The minimum absolute atomic E-state index is 0.0114. The molecule has 2 aliphatic heterocycles. The lowest BCUT2D eigenvalue weighted by molar-refractivity contribution is -0.149. The number of piperidine rings is 1. The highest BCUT2D eigenvalue weighted by atomic mass is 16.6. The molecule has 4 aliphatic rings. The molecule has 3 atom stereocenters. The van der Waals surface area contributed by atoms with E-state index < -0.39 is 22.5 Å². The van der Waals surface area contributed by atoms with Gasteiger partial charge in [0.2, 0.25) is 5.91 Å². The van der Waals surface area contributed by atoms with Crippen molar-refractivity contribution in [2.24, 2.45) is 11.7 Å². The Morgan fingerprint density at radius 1 is 1.15 bits per heavy atom. The second-order valence-electron chi connectivity index (χ2n) is 11.6. The zero-order valence-electron chi connectivity index (χ0n) is 20.1. The van der Waals surface area contributed by atoms with Crippen LogP contribution in [0, 0.1) is 5.92 Å². The van der Waals surface area contributed by atoms with Crippen LogP contribution in [0.3, 0.4) is 0 Å². The van der Waals surface area contributed by atoms with Gasteiger partial charge in [0.1, 0.15) is 5.60 Å². The fourth-order valence-electron chi connectivity index (χ4n) is 6.54. The van der Waals surface area contributed by atoms with E-state index in [2.05, 4.69) is 4.90 Å². The molecule has 2 heterocycles. The molecule has 1 aromatic rings. The summed E-state index contributed by atoms with van der Waals surface area (Å²) in [5, 5.41) is 12.5. The molecule has 7 heteroatoms. The Balaban J connectivity index is 1.55. The standard InChI is InChI=1S/C26H37N3O4/c1-24(2,3)33-23(31)28-11-8-25-9-12-29(16-17-4-5-17)21(26(25,32)10-13-28)15-18-6-7-19(22(27)30)14-20(18)25/h6-7,14,17,21,32H,4-5,8-13,15-16H2,1-3H3,(H2,27,30)/t21-,25+,26-/m1/s1. The zero-order chi connectivity index (χ0) is 23.6. The molecule has 1 aromatic carbocycles. The van der Waals surface area contributed by atoms with Gasteiger partial charge in [-0.05, 0) is 95.0 Å². The molecule has 0 spiro atoms. The van der Waals surface area contributed by atoms with E-state index in [0.29, 0.717) is 31.5 Å². The Kier molecular flexibility index (Phi) is 5.29. The molecule has 5 rings (SSSR count). The van der Waals surface area contributed by atoms with Crippen LogP contribution in [-0.2, 0) is 16.6 Å². The predicted octanol–water partition coefficient (Wildman–Crippen LogP) is 2.83. The number of ether oxygens (including phenoxy) is 1. The smallest absolute Gasteiger partial charge is 0.410 e. The van der Waals surface area contributed by atoms with Crippen LogP contribution in [0.15, 0.2) is 18.2 Å². The first-order chi connectivity index (χ1) is 15.5. The van der Waals surface area contributed by atoms with Gasteiger partial charge in [-0.25, -0.2) is 4.79 Å². The number of fused-ring (bicyclic) bond motifs is 1. The third kappa shape index (κ3) is 3.83. The van der Waals surface area contributed by atoms with Crippen LogP contribution in [-0.4, -0.2) is 70.3 Å². The summed E-state index contributed by atoms with van der Waals surface area (Å²) < 4.78 is 5.66. The molecule has 3 N–H and O–H groups in total. The molecule has 2 amide bonds. The first-order valence-electron chi connectivity index (χ1n) is 12.4. The van der Waals surface area contributed by atoms with E-state index in [1.165, 1.54) is 18.4 Å². The van der Waals surface area contributed by atoms with Crippen molar-refractivity contribution >= 4 is 12.0 Å². The molecule has 2 aliphatic carbocycles. The fourth-order valence-corrected chi connectivity index (χ4v) is 6.54. The van der Waals surface area contributed by atoms with Gasteiger partial charge in [0.25, 0.3) is 0 Å². The Labute approximate surface area is 196 Å². The molecule has 2 saturated heterocycles. The van der Waals surface area contributed by atoms with E-state index in [9.17, 15) is 14.7 Å². The van der Waals surface area contributed by atoms with E-state index in [4.69, 9.17) is 10.5 Å². The molecule has 3 fully saturated rings. The number of primary amides is 1. The maximum absolute atomic E-state index is 12.9. The topological polar surface area (TPSA) is 96.1 Å². The van der Waals surface area contributed by atoms with E-state index in [1.54, 1.807) is 4.90 Å². The number of likely N-dealkylation sites (tertiary alicyclic amines) is 2. The summed E-state index contributed by atoms with van der Waals surface area (Å²) in [6.45, 7) is 8.57. The first-order valence-corrected chi connectivity index (χ1v) is 12.4. The molecule has 33 heavy (non-hydrogen) atoms. The average molecular weight is 456 g/mol. The number of aliphatic hydroxyl groups is 1. The summed E-state index contributed by atoms with van der Waals surface area (Å²) in [5.41, 5.74) is 6.32. The highest BCUT2D eigenvalue weighted by Crippen LogP contribution is 2.56. The van der Waals surface area contributed by atoms with Crippen molar-refractivity contribution in [3.05, 3.63) is 34.9 Å². The van der Waals surface area contributed by atoms with Gasteiger partial charge in [0.15, 0.2) is 0 Å². The number of hydrogen-bond acceptors (Lipinski definition) is 5. The van der Waals surface area contributed by atoms with E-state index in [-0.39, 0.29) is 12.1 Å². The monoisotopic (exact) mass is 455 g/mol. The van der Waals surface area contributed by atoms with Crippen LogP contribution in [0.1, 0.15) is 74.4 Å². The van der Waals surface area contributed by atoms with Gasteiger partial charge in [-0.2, -0.15) is 0 Å². The molecule has 2 bridgehead atoms. The second kappa shape index (κ2) is 7.70. The number of rotatable bonds is 3. The van der Waals surface area contributed by atoms with Gasteiger partial charge in [0.05, 0.1) is 5.60 Å². The van der Waals surface area contributed by atoms with Crippen molar-refractivity contribution in [2.45, 2.75) is 82.0 Å². The van der Waals surface area contributed by atoms with E-state index in [1.807, 2.05) is 39.0 Å². The van der Waals surface area contributed by atoms with Gasteiger partial charge < -0.3 is 20.5 Å². The maximum atomic E-state index is 12.9. The molecular formula is C26H37N3O4. The minimum Gasteiger partial charge on any atom is -0.444 e. The largest absolute Gasteiger partial charge is 0.444 e. The van der Waals surface area contributed by atoms with Gasteiger partial charge in [0, 0.05) is 36.7 Å². The van der Waals surface area contributed by atoms with Crippen LogP contribution < -0.4 is 5.73 Å². The highest BCUT2D eigenvalue weighted by Gasteiger charge is 2.63. The van der Waals surface area contributed by atoms with Crippen molar-refractivity contribution in [1.82, 2.24) is 9.80 Å². The lowest BCUT2D eigenvalue weighted by Gasteiger charge is -2.61. The van der Waals surface area contributed by atoms with Crippen molar-refractivity contribution in [3.63, 3.8) is 0 Å². The van der Waals surface area contributed by atoms with Crippen molar-refractivity contribution in [1.29, 1.82) is 0 Å². The lowest BCUT2D eigenvalue weighted by atomic mass is 9.52. The summed E-state index contributed by atoms with van der Waals surface area (Å²) in [4.78, 5) is 29.2. The molecule has 0 radical (unpaired) electrons. The Morgan fingerprint density at radius 2 is 1.85 bits per heavy atom. The van der Waals surface area contributed by atoms with Crippen LogP contribution in [0.2, 0.25) is 0 Å². The summed E-state index contributed by atoms with van der Waals surface area (Å²) in [7, 11) is 0. The van der Waals surface area contributed by atoms with Gasteiger partial charge in [-0.15, -0.1) is 0 Å². The van der Waals surface area contributed by atoms with Crippen LogP contribution >= 0.6 is 0 Å². The van der Waals surface area contributed by atoms with Crippen molar-refractivity contribution in [2.75, 3.05) is 26.2 Å². The van der Waals surface area contributed by atoms with Crippen molar-refractivity contribution in [3.8, 4) is 0 Å². The summed E-state index contributed by atoms with van der Waals surface area (Å²) >= 11 is 0. The lowest BCUT2D eigenvalue weighted by Crippen LogP contribution is -2.71. The predicted molar refractivity (Wildman–Crippen MR) is 125 cm³/mol. The Morgan fingerprint density at radius 3 is 2.52 bits per heavy atom. The number of amides is 2. The molecule has 0 aromatic heterocycles. The molecule has 1 saturated carbocycles. The van der Waals surface area contributed by atoms with Crippen molar-refractivity contribution < 1.29 is 19.4 Å². The average Bonchev–Trinajstić information content (AvgIpc) is 3.55. The van der Waals surface area contributed by atoms with Gasteiger partial charge in [-0.1, -0.05) is 6.07 Å². The van der Waals surface area contributed by atoms with E-state index in [0.717, 1.165) is 37.4 Å². The SMILES string of the molecule is CC(C)(C)OC(=O)N1CC[C@]23CCN(CC4CC4)[C@H](Cc4ccc(C(N)=O)cc42)[C@]3(O)CC1. The zero-order valence-corrected chi connectivity index (χ0v) is 20.1. The molecular weight excluding hydrogens is 418 g/mol. The highest BCUT2D eigenvalue weighted by molar-refractivity contribution is 5.93. The minimum atomic E-state index is -0.972. The number of hydrogen-bond donors (Lipinski definition) is 2. The number of carbonyl (C=O) groups excluding carboxylic acids is 2. The quantitative estimate of drug-likeness (QED) is 0.731. The number of benzene rings is 1. The van der Waals surface area contributed by atoms with Crippen LogP contribution in [0.4, 0.5) is 4.79 Å². The number of nitrogens with zero attached hydrogens (tertiary/aromatic N) is 2. The molecule has 180 valence electrons. The summed E-state index contributed by atoms with van der Waals surface area (Å²) in [5.74, 6) is 0.291. The van der Waals surface area contributed by atoms with E-state index >= 15 is 0 Å². The molecule has 7 nitrogen and oxygen atoms in total. The van der Waals surface area contributed by atoms with Crippen LogP contribution in [0.25, 0.3) is 0 Å². The summed E-state index contributed by atoms with van der Waals surface area (Å²) in [6.07, 6.45) is 4.94. The molecule has 0 unspecified atom stereocenters. The second-order valence-corrected chi connectivity index (χ2v) is 11.6. The first kappa shape index (κ1) is 22.7. The summed E-state index contributed by atoms with van der Waals surface area (Å²) in [6, 6.07) is 5.77. The third-order valence-electron chi connectivity index (χ3n) is 8.38. The van der Waals surface area contributed by atoms with Gasteiger partial charge in [-0.3, -0.25) is 9.69 Å². The number of carbonyl (C=O) groups is 2. The normalized spacial score (nSPS) is 31.9. The Bertz CT molecular complexity index is 969.